The van der Waals surface area contributed by atoms with Crippen LogP contribution in [0.2, 0.25) is 0 Å². The number of hydrogen-bond acceptors (Lipinski definition) is 3. The lowest BCUT2D eigenvalue weighted by Crippen LogP contribution is -2.30. The third-order valence-corrected chi connectivity index (χ3v) is 4.97. The Morgan fingerprint density at radius 2 is 2.10 bits per heavy atom. The zero-order valence-electron chi connectivity index (χ0n) is 11.5. The van der Waals surface area contributed by atoms with E-state index < -0.39 is 0 Å². The number of carbonyl (C=O) groups is 1. The number of thiophene rings is 1. The zero-order valence-corrected chi connectivity index (χ0v) is 12.3. The van der Waals surface area contributed by atoms with Gasteiger partial charge in [-0.25, -0.2) is 0 Å². The van der Waals surface area contributed by atoms with Crippen molar-refractivity contribution in [2.24, 2.45) is 23.5 Å². The van der Waals surface area contributed by atoms with E-state index in [0.717, 1.165) is 28.8 Å². The molecule has 3 nitrogen and oxygen atoms in total. The van der Waals surface area contributed by atoms with E-state index in [1.807, 2.05) is 11.4 Å². The van der Waals surface area contributed by atoms with E-state index in [0.29, 0.717) is 12.5 Å². The minimum Gasteiger partial charge on any atom is -0.352 e. The molecule has 2 saturated carbocycles. The number of amides is 1. The van der Waals surface area contributed by atoms with Crippen molar-refractivity contribution in [3.63, 3.8) is 0 Å². The van der Waals surface area contributed by atoms with Crippen LogP contribution in [0, 0.1) is 29.6 Å². The first-order valence-electron chi connectivity index (χ1n) is 7.33. The highest BCUT2D eigenvalue weighted by atomic mass is 32.1. The van der Waals surface area contributed by atoms with E-state index in [-0.39, 0.29) is 5.91 Å². The van der Waals surface area contributed by atoms with Crippen molar-refractivity contribution in [3.8, 4) is 11.8 Å². The van der Waals surface area contributed by atoms with Gasteiger partial charge >= 0.3 is 0 Å². The van der Waals surface area contributed by atoms with Crippen molar-refractivity contribution in [1.29, 1.82) is 0 Å². The van der Waals surface area contributed by atoms with Gasteiger partial charge < -0.3 is 11.1 Å². The SMILES string of the molecule is NCC#Cc1cc(C(=O)NCC(C2CC2)C2CC2)cs1. The molecule has 1 amide bonds. The maximum Gasteiger partial charge on any atom is 0.252 e. The van der Waals surface area contributed by atoms with Gasteiger partial charge in [-0.1, -0.05) is 11.8 Å². The van der Waals surface area contributed by atoms with E-state index in [9.17, 15) is 4.79 Å². The number of hydrogen-bond donors (Lipinski definition) is 2. The van der Waals surface area contributed by atoms with Gasteiger partial charge in [-0.3, -0.25) is 4.79 Å². The first-order chi connectivity index (χ1) is 9.78. The van der Waals surface area contributed by atoms with Gasteiger partial charge in [0.15, 0.2) is 0 Å². The Labute approximate surface area is 123 Å². The lowest BCUT2D eigenvalue weighted by atomic mass is 9.98. The van der Waals surface area contributed by atoms with Crippen LogP contribution in [0.5, 0.6) is 0 Å². The number of rotatable bonds is 5. The molecule has 0 spiro atoms. The molecule has 2 fully saturated rings. The fourth-order valence-electron chi connectivity index (χ4n) is 2.74. The Bertz CT molecular complexity index is 534. The molecule has 0 atom stereocenters. The van der Waals surface area contributed by atoms with E-state index >= 15 is 0 Å². The maximum atomic E-state index is 12.1. The molecule has 0 bridgehead atoms. The highest BCUT2D eigenvalue weighted by Crippen LogP contribution is 2.48. The quantitative estimate of drug-likeness (QED) is 0.816. The van der Waals surface area contributed by atoms with Gasteiger partial charge in [-0.05, 0) is 49.5 Å². The highest BCUT2D eigenvalue weighted by Gasteiger charge is 2.41. The average molecular weight is 288 g/mol. The van der Waals surface area contributed by atoms with Crippen molar-refractivity contribution in [1.82, 2.24) is 5.32 Å². The lowest BCUT2D eigenvalue weighted by molar-refractivity contribution is 0.0944. The first-order valence-corrected chi connectivity index (χ1v) is 8.21. The Kier molecular flexibility index (Phi) is 4.09. The summed E-state index contributed by atoms with van der Waals surface area (Å²) in [7, 11) is 0. The van der Waals surface area contributed by atoms with Gasteiger partial charge in [0.25, 0.3) is 5.91 Å². The summed E-state index contributed by atoms with van der Waals surface area (Å²) in [6, 6.07) is 1.85. The summed E-state index contributed by atoms with van der Waals surface area (Å²) in [5, 5.41) is 4.98. The topological polar surface area (TPSA) is 55.1 Å². The Morgan fingerprint density at radius 1 is 1.40 bits per heavy atom. The molecule has 20 heavy (non-hydrogen) atoms. The molecular weight excluding hydrogens is 268 g/mol. The minimum absolute atomic E-state index is 0.0355. The smallest absolute Gasteiger partial charge is 0.252 e. The van der Waals surface area contributed by atoms with Gasteiger partial charge in [-0.15, -0.1) is 11.3 Å². The molecule has 0 radical (unpaired) electrons. The summed E-state index contributed by atoms with van der Waals surface area (Å²) in [6.45, 7) is 1.19. The van der Waals surface area contributed by atoms with Crippen LogP contribution >= 0.6 is 11.3 Å². The maximum absolute atomic E-state index is 12.1. The standard InChI is InChI=1S/C16H20N2OS/c17-7-1-2-14-8-13(10-20-14)16(19)18-9-15(11-3-4-11)12-5-6-12/h8,10-12,15H,3-7,9,17H2,(H,18,19). The average Bonchev–Trinajstić information content (AvgIpc) is 3.37. The van der Waals surface area contributed by atoms with Crippen molar-refractivity contribution in [2.45, 2.75) is 25.7 Å². The second kappa shape index (κ2) is 5.99. The Morgan fingerprint density at radius 3 is 2.70 bits per heavy atom. The third-order valence-electron chi connectivity index (χ3n) is 4.13. The molecule has 0 aliphatic heterocycles. The molecule has 2 aliphatic carbocycles. The highest BCUT2D eigenvalue weighted by molar-refractivity contribution is 7.10. The summed E-state index contributed by atoms with van der Waals surface area (Å²) >= 11 is 1.50. The second-order valence-electron chi connectivity index (χ2n) is 5.75. The fourth-order valence-corrected chi connectivity index (χ4v) is 3.49. The molecule has 2 aliphatic rings. The number of nitrogens with two attached hydrogens (primary N) is 1. The van der Waals surface area contributed by atoms with Crippen molar-refractivity contribution < 1.29 is 4.79 Å². The Hall–Kier alpha value is -1.31. The summed E-state index contributed by atoms with van der Waals surface area (Å²) in [5.74, 6) is 8.27. The van der Waals surface area contributed by atoms with E-state index in [1.165, 1.54) is 37.0 Å². The monoisotopic (exact) mass is 288 g/mol. The van der Waals surface area contributed by atoms with E-state index in [2.05, 4.69) is 17.2 Å². The largest absolute Gasteiger partial charge is 0.352 e. The molecular formula is C16H20N2OS. The van der Waals surface area contributed by atoms with Crippen LogP contribution in [0.3, 0.4) is 0 Å². The molecule has 1 heterocycles. The summed E-state index contributed by atoms with van der Waals surface area (Å²) in [4.78, 5) is 13.0. The first kappa shape index (κ1) is 13.7. The van der Waals surface area contributed by atoms with Crippen LogP contribution in [-0.2, 0) is 0 Å². The number of carbonyl (C=O) groups excluding carboxylic acids is 1. The lowest BCUT2D eigenvalue weighted by Gasteiger charge is -2.15. The molecule has 0 unspecified atom stereocenters. The predicted molar refractivity (Wildman–Crippen MR) is 81.5 cm³/mol. The summed E-state index contributed by atoms with van der Waals surface area (Å²) in [5.41, 5.74) is 6.07. The normalized spacial score (nSPS) is 17.7. The van der Waals surface area contributed by atoms with Crippen LogP contribution in [0.15, 0.2) is 11.4 Å². The Balaban J connectivity index is 1.54. The van der Waals surface area contributed by atoms with Gasteiger partial charge in [0.2, 0.25) is 0 Å². The predicted octanol–water partition coefficient (Wildman–Crippen LogP) is 2.22. The van der Waals surface area contributed by atoms with Crippen LogP contribution in [0.4, 0.5) is 0 Å². The molecule has 3 rings (SSSR count). The molecule has 0 aromatic carbocycles. The van der Waals surface area contributed by atoms with Crippen LogP contribution in [0.25, 0.3) is 0 Å². The minimum atomic E-state index is 0.0355. The van der Waals surface area contributed by atoms with Gasteiger partial charge in [-0.2, -0.15) is 0 Å². The zero-order chi connectivity index (χ0) is 13.9. The molecule has 1 aromatic heterocycles. The molecule has 1 aromatic rings. The van der Waals surface area contributed by atoms with E-state index in [4.69, 9.17) is 5.73 Å². The molecule has 3 N–H and O–H groups in total. The van der Waals surface area contributed by atoms with Gasteiger partial charge in [0, 0.05) is 11.9 Å². The fraction of sp³-hybridized carbons (Fsp3) is 0.562. The number of nitrogens with one attached hydrogen (secondary N) is 1. The van der Waals surface area contributed by atoms with Crippen molar-refractivity contribution >= 4 is 17.2 Å². The summed E-state index contributed by atoms with van der Waals surface area (Å²) in [6.07, 6.45) is 5.42. The third kappa shape index (κ3) is 3.41. The second-order valence-corrected chi connectivity index (χ2v) is 6.67. The van der Waals surface area contributed by atoms with Gasteiger partial charge in [0.05, 0.1) is 17.0 Å². The van der Waals surface area contributed by atoms with Crippen LogP contribution in [-0.4, -0.2) is 19.0 Å². The summed E-state index contributed by atoms with van der Waals surface area (Å²) < 4.78 is 0. The van der Waals surface area contributed by atoms with Crippen LogP contribution < -0.4 is 11.1 Å². The van der Waals surface area contributed by atoms with Gasteiger partial charge in [0.1, 0.15) is 0 Å². The van der Waals surface area contributed by atoms with E-state index in [1.54, 1.807) is 0 Å². The molecule has 0 saturated heterocycles. The van der Waals surface area contributed by atoms with Crippen molar-refractivity contribution in [3.05, 3.63) is 21.9 Å². The van der Waals surface area contributed by atoms with Crippen molar-refractivity contribution in [2.75, 3.05) is 13.1 Å². The van der Waals surface area contributed by atoms with Crippen LogP contribution in [0.1, 0.15) is 40.9 Å². The molecule has 106 valence electrons. The molecule has 4 heteroatoms.